The van der Waals surface area contributed by atoms with Gasteiger partial charge in [-0.15, -0.1) is 0 Å². The van der Waals surface area contributed by atoms with Crippen LogP contribution in [0, 0.1) is 0 Å². The first kappa shape index (κ1) is 22.5. The zero-order chi connectivity index (χ0) is 23.5. The zero-order valence-corrected chi connectivity index (χ0v) is 20.2. The van der Waals surface area contributed by atoms with Gasteiger partial charge in [0.05, 0.1) is 0 Å². The molecule has 0 N–H and O–H groups in total. The van der Waals surface area contributed by atoms with Crippen LogP contribution in [0.4, 0.5) is 0 Å². The molecule has 1 aliphatic heterocycles. The van der Waals surface area contributed by atoms with E-state index in [1.807, 2.05) is 79.7 Å². The summed E-state index contributed by atoms with van der Waals surface area (Å²) in [5.41, 5.74) is 0.606. The standard InChI is InChI=1S/C30H29O3P/c1-2-32-30(31)29-23-28(24-15-7-3-8-16-24)33-34(29,25-17-9-4-10-18-25,26-19-11-5-12-20-26)27-21-13-6-14-22-27/h3-22,28-29H,2,23H2,1H3. The molecule has 0 bridgehead atoms. The van der Waals surface area contributed by atoms with Gasteiger partial charge in [-0.05, 0) is 0 Å². The molecule has 2 atom stereocenters. The molecular formula is C30H29O3P. The molecule has 5 rings (SSSR count). The third-order valence-corrected chi connectivity index (χ3v) is 13.2. The normalized spacial score (nSPS) is 21.7. The Hall–Kier alpha value is -3.26. The molecule has 1 aliphatic rings. The number of ether oxygens (including phenoxy) is 1. The number of carbonyl (C=O) groups is 1. The van der Waals surface area contributed by atoms with E-state index in [1.165, 1.54) is 0 Å². The van der Waals surface area contributed by atoms with E-state index in [2.05, 4.69) is 48.5 Å². The summed E-state index contributed by atoms with van der Waals surface area (Å²) in [5, 5.41) is 3.13. The van der Waals surface area contributed by atoms with E-state index >= 15 is 0 Å². The van der Waals surface area contributed by atoms with E-state index in [4.69, 9.17) is 9.26 Å². The molecule has 0 saturated carbocycles. The fraction of sp³-hybridized carbons (Fsp3) is 0.167. The van der Waals surface area contributed by atoms with Gasteiger partial charge in [0.2, 0.25) is 0 Å². The predicted molar refractivity (Wildman–Crippen MR) is 140 cm³/mol. The van der Waals surface area contributed by atoms with Gasteiger partial charge in [0.1, 0.15) is 0 Å². The van der Waals surface area contributed by atoms with Gasteiger partial charge in [-0.3, -0.25) is 0 Å². The Balaban J connectivity index is 1.92. The SMILES string of the molecule is CCOC(=O)C1CC(c2ccccc2)OP1(c1ccccc1)(c1ccccc1)c1ccccc1. The van der Waals surface area contributed by atoms with Crippen molar-refractivity contribution in [3.8, 4) is 0 Å². The fourth-order valence-electron chi connectivity index (χ4n) is 5.53. The van der Waals surface area contributed by atoms with Gasteiger partial charge >= 0.3 is 201 Å². The molecule has 4 aromatic carbocycles. The van der Waals surface area contributed by atoms with Crippen LogP contribution in [0.3, 0.4) is 0 Å². The second-order valence-electron chi connectivity index (χ2n) is 8.62. The maximum absolute atomic E-state index is 13.9. The van der Waals surface area contributed by atoms with Crippen LogP contribution in [0.5, 0.6) is 0 Å². The van der Waals surface area contributed by atoms with Crippen molar-refractivity contribution < 1.29 is 14.1 Å². The molecule has 0 aliphatic carbocycles. The summed E-state index contributed by atoms with van der Waals surface area (Å²) in [6.45, 7) is -1.60. The van der Waals surface area contributed by atoms with Crippen LogP contribution in [0.2, 0.25) is 0 Å². The van der Waals surface area contributed by atoms with E-state index in [1.54, 1.807) is 0 Å². The molecule has 34 heavy (non-hydrogen) atoms. The van der Waals surface area contributed by atoms with E-state index < -0.39 is 12.5 Å². The Morgan fingerprint density at radius 1 is 0.735 bits per heavy atom. The maximum atomic E-state index is 13.9. The van der Waals surface area contributed by atoms with E-state index in [-0.39, 0.29) is 12.1 Å². The van der Waals surface area contributed by atoms with Crippen LogP contribution in [-0.2, 0) is 14.1 Å². The first-order valence-electron chi connectivity index (χ1n) is 11.8. The number of carbonyl (C=O) groups excluding carboxylic acids is 1. The minimum atomic E-state index is -3.79. The predicted octanol–water partition coefficient (Wildman–Crippen LogP) is 5.52. The molecule has 0 aromatic heterocycles. The molecule has 1 saturated heterocycles. The van der Waals surface area contributed by atoms with Crippen molar-refractivity contribution in [2.24, 2.45) is 0 Å². The summed E-state index contributed by atoms with van der Waals surface area (Å²) < 4.78 is 13.3. The van der Waals surface area contributed by atoms with Gasteiger partial charge in [-0.2, -0.15) is 0 Å². The van der Waals surface area contributed by atoms with E-state index in [9.17, 15) is 4.79 Å². The molecule has 0 radical (unpaired) electrons. The molecule has 4 heteroatoms. The van der Waals surface area contributed by atoms with Crippen LogP contribution >= 0.6 is 6.83 Å². The van der Waals surface area contributed by atoms with E-state index in [0.717, 1.165) is 21.5 Å². The number of rotatable bonds is 6. The molecule has 0 amide bonds. The van der Waals surface area contributed by atoms with Crippen molar-refractivity contribution in [2.45, 2.75) is 25.1 Å². The van der Waals surface area contributed by atoms with Gasteiger partial charge < -0.3 is 0 Å². The average molecular weight is 469 g/mol. The Labute approximate surface area is 201 Å². The minimum absolute atomic E-state index is 0.199. The van der Waals surface area contributed by atoms with Crippen molar-refractivity contribution in [3.05, 3.63) is 127 Å². The van der Waals surface area contributed by atoms with Crippen LogP contribution in [-0.4, -0.2) is 18.2 Å². The number of esters is 1. The van der Waals surface area contributed by atoms with Crippen LogP contribution < -0.4 is 15.9 Å². The van der Waals surface area contributed by atoms with Gasteiger partial charge in [-0.25, -0.2) is 0 Å². The quantitative estimate of drug-likeness (QED) is 0.276. The molecule has 1 heterocycles. The molecule has 2 unspecified atom stereocenters. The first-order valence-corrected chi connectivity index (χ1v) is 14.0. The summed E-state index contributed by atoms with van der Waals surface area (Å²) in [6.07, 6.45) is 0.313. The van der Waals surface area contributed by atoms with Gasteiger partial charge in [0, 0.05) is 0 Å². The van der Waals surface area contributed by atoms with Crippen molar-refractivity contribution in [3.63, 3.8) is 0 Å². The van der Waals surface area contributed by atoms with Gasteiger partial charge in [0.15, 0.2) is 0 Å². The van der Waals surface area contributed by atoms with Crippen LogP contribution in [0.25, 0.3) is 0 Å². The molecule has 1 fully saturated rings. The molecule has 4 aromatic rings. The van der Waals surface area contributed by atoms with Crippen LogP contribution in [0.1, 0.15) is 25.0 Å². The summed E-state index contributed by atoms with van der Waals surface area (Å²) in [6, 6.07) is 41.2. The first-order chi connectivity index (χ1) is 16.7. The van der Waals surface area contributed by atoms with Gasteiger partial charge in [0.25, 0.3) is 0 Å². The fourth-order valence-corrected chi connectivity index (χ4v) is 12.1. The van der Waals surface area contributed by atoms with Crippen molar-refractivity contribution in [1.82, 2.24) is 0 Å². The van der Waals surface area contributed by atoms with Gasteiger partial charge in [-0.1, -0.05) is 0 Å². The Morgan fingerprint density at radius 3 is 1.56 bits per heavy atom. The average Bonchev–Trinajstić information content (AvgIpc) is 3.30. The summed E-state index contributed by atoms with van der Waals surface area (Å²) >= 11 is 0. The Morgan fingerprint density at radius 2 is 1.15 bits per heavy atom. The number of benzene rings is 4. The summed E-state index contributed by atoms with van der Waals surface area (Å²) in [5.74, 6) is -0.199. The topological polar surface area (TPSA) is 35.5 Å². The molecule has 0 spiro atoms. The van der Waals surface area contributed by atoms with Crippen molar-refractivity contribution in [2.75, 3.05) is 6.61 Å². The van der Waals surface area contributed by atoms with Crippen molar-refractivity contribution in [1.29, 1.82) is 0 Å². The summed E-state index contributed by atoms with van der Waals surface area (Å²) in [7, 11) is 0. The van der Waals surface area contributed by atoms with Crippen LogP contribution in [0.15, 0.2) is 121 Å². The second-order valence-corrected chi connectivity index (χ2v) is 13.2. The molecule has 172 valence electrons. The number of hydrogen-bond donors (Lipinski definition) is 0. The third kappa shape index (κ3) is 3.31. The zero-order valence-electron chi connectivity index (χ0n) is 19.3. The third-order valence-electron chi connectivity index (χ3n) is 6.91. The second kappa shape index (κ2) is 9.18. The summed E-state index contributed by atoms with van der Waals surface area (Å²) in [4.78, 5) is 13.9. The Bertz CT molecular complexity index is 1140. The molecular weight excluding hydrogens is 439 g/mol. The molecule has 3 nitrogen and oxygen atoms in total. The van der Waals surface area contributed by atoms with Crippen molar-refractivity contribution >= 4 is 28.7 Å². The number of hydrogen-bond acceptors (Lipinski definition) is 3. The van der Waals surface area contributed by atoms with E-state index in [0.29, 0.717) is 13.0 Å². The monoisotopic (exact) mass is 468 g/mol. The Kier molecular flexibility index (Phi) is 6.08.